The molecule has 0 spiro atoms. The number of halogens is 4. The van der Waals surface area contributed by atoms with Crippen molar-refractivity contribution in [2.24, 2.45) is 5.73 Å². The van der Waals surface area contributed by atoms with Crippen molar-refractivity contribution in [1.29, 1.82) is 0 Å². The SMILES string of the molecule is CC(=O)OCC(Oc1ccc(F)c(C(N)=O)c1F)c1nc(-c2ccc(Cl)cc2)c(Cl)o1. The fraction of sp³-hybridized carbons (Fsp3) is 0.150. The summed E-state index contributed by atoms with van der Waals surface area (Å²) in [4.78, 5) is 26.9. The van der Waals surface area contributed by atoms with Crippen LogP contribution in [0.4, 0.5) is 8.78 Å². The van der Waals surface area contributed by atoms with E-state index in [1.54, 1.807) is 24.3 Å². The van der Waals surface area contributed by atoms with E-state index in [1.165, 1.54) is 0 Å². The van der Waals surface area contributed by atoms with Crippen LogP contribution in [0.5, 0.6) is 5.75 Å². The topological polar surface area (TPSA) is 105 Å². The van der Waals surface area contributed by atoms with Crippen molar-refractivity contribution in [1.82, 2.24) is 4.98 Å². The van der Waals surface area contributed by atoms with Gasteiger partial charge in [-0.05, 0) is 35.9 Å². The van der Waals surface area contributed by atoms with Gasteiger partial charge in [0, 0.05) is 17.5 Å². The van der Waals surface area contributed by atoms with Gasteiger partial charge in [0.15, 0.2) is 11.6 Å². The monoisotopic (exact) mass is 470 g/mol. The first-order valence-corrected chi connectivity index (χ1v) is 9.43. The van der Waals surface area contributed by atoms with Crippen molar-refractivity contribution in [3.8, 4) is 17.0 Å². The molecule has 162 valence electrons. The highest BCUT2D eigenvalue weighted by Gasteiger charge is 2.27. The van der Waals surface area contributed by atoms with E-state index in [9.17, 15) is 18.4 Å². The minimum Gasteiger partial charge on any atom is -0.474 e. The third-order valence-electron chi connectivity index (χ3n) is 4.00. The van der Waals surface area contributed by atoms with Gasteiger partial charge in [-0.15, -0.1) is 0 Å². The minimum absolute atomic E-state index is 0.105. The lowest BCUT2D eigenvalue weighted by atomic mass is 10.1. The number of hydrogen-bond donors (Lipinski definition) is 1. The molecule has 0 fully saturated rings. The number of aromatic nitrogens is 1. The number of carbonyl (C=O) groups is 2. The maximum atomic E-state index is 14.6. The van der Waals surface area contributed by atoms with Crippen LogP contribution in [0.15, 0.2) is 40.8 Å². The molecule has 7 nitrogen and oxygen atoms in total. The van der Waals surface area contributed by atoms with Crippen LogP contribution < -0.4 is 10.5 Å². The highest BCUT2D eigenvalue weighted by atomic mass is 35.5. The van der Waals surface area contributed by atoms with Crippen LogP contribution in [-0.2, 0) is 9.53 Å². The number of esters is 1. The Bertz CT molecular complexity index is 1140. The lowest BCUT2D eigenvalue weighted by Crippen LogP contribution is -2.20. The fourth-order valence-corrected chi connectivity index (χ4v) is 2.95. The molecule has 0 aliphatic heterocycles. The molecular formula is C20H14Cl2F2N2O5. The molecule has 3 aromatic rings. The van der Waals surface area contributed by atoms with E-state index in [-0.39, 0.29) is 16.8 Å². The number of nitrogens with zero attached hydrogens (tertiary/aromatic N) is 1. The highest BCUT2D eigenvalue weighted by Crippen LogP contribution is 2.34. The normalized spacial score (nSPS) is 11.8. The molecule has 1 heterocycles. The number of ether oxygens (including phenoxy) is 2. The number of hydrogen-bond acceptors (Lipinski definition) is 6. The van der Waals surface area contributed by atoms with Gasteiger partial charge in [0.2, 0.25) is 17.2 Å². The van der Waals surface area contributed by atoms with Crippen LogP contribution in [0, 0.1) is 11.6 Å². The Labute approximate surface area is 184 Å². The number of benzene rings is 2. The lowest BCUT2D eigenvalue weighted by Gasteiger charge is -2.17. The number of oxazole rings is 1. The van der Waals surface area contributed by atoms with Crippen LogP contribution in [0.25, 0.3) is 11.3 Å². The first-order chi connectivity index (χ1) is 14.7. The van der Waals surface area contributed by atoms with Crippen LogP contribution >= 0.6 is 23.2 Å². The van der Waals surface area contributed by atoms with Crippen LogP contribution in [0.1, 0.15) is 29.3 Å². The molecule has 3 rings (SSSR count). The molecule has 0 saturated heterocycles. The smallest absolute Gasteiger partial charge is 0.302 e. The van der Waals surface area contributed by atoms with Crippen LogP contribution in [0.2, 0.25) is 10.2 Å². The van der Waals surface area contributed by atoms with E-state index in [4.69, 9.17) is 42.8 Å². The predicted octanol–water partition coefficient (Wildman–Crippen LogP) is 4.71. The van der Waals surface area contributed by atoms with Crippen molar-refractivity contribution in [2.45, 2.75) is 13.0 Å². The maximum absolute atomic E-state index is 14.6. The first kappa shape index (κ1) is 22.5. The third-order valence-corrected chi connectivity index (χ3v) is 4.51. The molecule has 2 N–H and O–H groups in total. The summed E-state index contributed by atoms with van der Waals surface area (Å²) in [6.45, 7) is 0.720. The quantitative estimate of drug-likeness (QED) is 0.501. The van der Waals surface area contributed by atoms with E-state index in [1.807, 2.05) is 0 Å². The van der Waals surface area contributed by atoms with Gasteiger partial charge in [-0.3, -0.25) is 9.59 Å². The standard InChI is InChI=1S/C20H14Cl2F2N2O5/c1-9(27)29-8-14(30-13-7-6-12(23)15(16(13)24)19(25)28)20-26-17(18(22)31-20)10-2-4-11(21)5-3-10/h2-7,14H,8H2,1H3,(H2,25,28). The zero-order valence-corrected chi connectivity index (χ0v) is 17.3. The zero-order chi connectivity index (χ0) is 22.7. The van der Waals surface area contributed by atoms with Gasteiger partial charge in [0.25, 0.3) is 5.91 Å². The second kappa shape index (κ2) is 9.32. The summed E-state index contributed by atoms with van der Waals surface area (Å²) in [7, 11) is 0. The van der Waals surface area contributed by atoms with Gasteiger partial charge < -0.3 is 19.6 Å². The Hall–Kier alpha value is -3.17. The van der Waals surface area contributed by atoms with E-state index in [0.29, 0.717) is 10.6 Å². The molecule has 1 atom stereocenters. The maximum Gasteiger partial charge on any atom is 0.302 e. The van der Waals surface area contributed by atoms with Gasteiger partial charge in [-0.1, -0.05) is 23.7 Å². The summed E-state index contributed by atoms with van der Waals surface area (Å²) in [6, 6.07) is 8.29. The number of primary amides is 1. The summed E-state index contributed by atoms with van der Waals surface area (Å²) in [5.41, 5.74) is 4.85. The first-order valence-electron chi connectivity index (χ1n) is 8.67. The van der Waals surface area contributed by atoms with Gasteiger partial charge in [-0.25, -0.2) is 13.8 Å². The van der Waals surface area contributed by atoms with Crippen molar-refractivity contribution in [2.75, 3.05) is 6.61 Å². The molecule has 1 amide bonds. The molecule has 0 saturated carbocycles. The second-order valence-corrected chi connectivity index (χ2v) is 6.97. The van der Waals surface area contributed by atoms with Crippen LogP contribution in [0.3, 0.4) is 0 Å². The van der Waals surface area contributed by atoms with Crippen molar-refractivity contribution in [3.63, 3.8) is 0 Å². The van der Waals surface area contributed by atoms with E-state index < -0.39 is 47.5 Å². The summed E-state index contributed by atoms with van der Waals surface area (Å²) >= 11 is 12.0. The molecule has 2 aromatic carbocycles. The van der Waals surface area contributed by atoms with Crippen molar-refractivity contribution < 1.29 is 32.3 Å². The molecule has 11 heteroatoms. The Morgan fingerprint density at radius 2 is 1.84 bits per heavy atom. The Kier molecular flexibility index (Phi) is 6.77. The summed E-state index contributed by atoms with van der Waals surface area (Å²) in [5, 5.41) is 0.392. The molecular weight excluding hydrogens is 457 g/mol. The van der Waals surface area contributed by atoms with Crippen LogP contribution in [-0.4, -0.2) is 23.5 Å². The summed E-state index contributed by atoms with van der Waals surface area (Å²) < 4.78 is 44.2. The Balaban J connectivity index is 1.98. The minimum atomic E-state index is -1.32. The third kappa shape index (κ3) is 5.12. The lowest BCUT2D eigenvalue weighted by molar-refractivity contribution is -0.143. The summed E-state index contributed by atoms with van der Waals surface area (Å²) in [5.74, 6) is -5.13. The van der Waals surface area contributed by atoms with Gasteiger partial charge in [0.05, 0.1) is 0 Å². The molecule has 1 aromatic heterocycles. The Morgan fingerprint density at radius 1 is 1.16 bits per heavy atom. The van der Waals surface area contributed by atoms with E-state index >= 15 is 0 Å². The molecule has 0 aliphatic carbocycles. The average molecular weight is 471 g/mol. The van der Waals surface area contributed by atoms with E-state index in [0.717, 1.165) is 19.1 Å². The highest BCUT2D eigenvalue weighted by molar-refractivity contribution is 6.31. The van der Waals surface area contributed by atoms with E-state index in [2.05, 4.69) is 4.98 Å². The molecule has 0 radical (unpaired) electrons. The number of carbonyl (C=O) groups excluding carboxylic acids is 2. The molecule has 0 aliphatic rings. The van der Waals surface area contributed by atoms with Gasteiger partial charge in [0.1, 0.15) is 23.7 Å². The zero-order valence-electron chi connectivity index (χ0n) is 15.8. The second-order valence-electron chi connectivity index (χ2n) is 6.19. The predicted molar refractivity (Wildman–Crippen MR) is 107 cm³/mol. The average Bonchev–Trinajstić information content (AvgIpc) is 3.08. The molecule has 0 bridgehead atoms. The van der Waals surface area contributed by atoms with Crippen molar-refractivity contribution >= 4 is 35.1 Å². The Morgan fingerprint density at radius 3 is 2.45 bits per heavy atom. The summed E-state index contributed by atoms with van der Waals surface area (Å²) in [6.07, 6.45) is -1.27. The van der Waals surface area contributed by atoms with Gasteiger partial charge >= 0.3 is 5.97 Å². The molecule has 31 heavy (non-hydrogen) atoms. The number of nitrogens with two attached hydrogens (primary N) is 1. The molecule has 1 unspecified atom stereocenters. The largest absolute Gasteiger partial charge is 0.474 e. The fourth-order valence-electron chi connectivity index (χ4n) is 2.59. The number of amides is 1. The van der Waals surface area contributed by atoms with Crippen molar-refractivity contribution in [3.05, 3.63) is 69.7 Å². The van der Waals surface area contributed by atoms with Gasteiger partial charge in [-0.2, -0.15) is 0 Å². The number of rotatable bonds is 7.